The minimum Gasteiger partial charge on any atom is -0.488 e. The standard InChI is InChI=1S/C24H23F2N7O2.C2H4O2/c1-14-11-17(20(26)19(12-14)35-10-7-25)18(13-15-3-5-16(6-4-15)21(27)28)22-31-24(34)33(32-22)23-29-8-2-9-30-23;1-2(3)4/h2-6,8-9,11-12,18H,7,10,13H2,1H3,(H3,27,28)(H,31,32,34);1H3,(H,3,4). The Morgan fingerprint density at radius 1 is 1.23 bits per heavy atom. The first kappa shape index (κ1) is 28.6. The van der Waals surface area contributed by atoms with Gasteiger partial charge in [-0.2, -0.15) is 0 Å². The van der Waals surface area contributed by atoms with Crippen molar-refractivity contribution in [3.8, 4) is 11.7 Å². The molecule has 1 atom stereocenters. The quantitative estimate of drug-likeness (QED) is 0.186. The Hall–Kier alpha value is -4.94. The molecule has 39 heavy (non-hydrogen) atoms. The first-order valence-electron chi connectivity index (χ1n) is 11.7. The van der Waals surface area contributed by atoms with Crippen molar-refractivity contribution in [3.05, 3.63) is 99.2 Å². The van der Waals surface area contributed by atoms with Gasteiger partial charge in [0.15, 0.2) is 11.6 Å². The zero-order valence-electron chi connectivity index (χ0n) is 21.2. The lowest BCUT2D eigenvalue weighted by atomic mass is 9.89. The number of nitrogens with zero attached hydrogens (tertiary/aromatic N) is 4. The summed E-state index contributed by atoms with van der Waals surface area (Å²) in [5.41, 5.74) is 7.23. The van der Waals surface area contributed by atoms with Gasteiger partial charge in [0.1, 0.15) is 24.9 Å². The van der Waals surface area contributed by atoms with E-state index in [1.54, 1.807) is 43.3 Å². The van der Waals surface area contributed by atoms with E-state index in [-0.39, 0.29) is 41.9 Å². The molecule has 204 valence electrons. The van der Waals surface area contributed by atoms with Gasteiger partial charge in [-0.05, 0) is 36.6 Å². The van der Waals surface area contributed by atoms with Gasteiger partial charge in [-0.1, -0.05) is 30.3 Å². The molecule has 0 saturated heterocycles. The van der Waals surface area contributed by atoms with Crippen LogP contribution in [0.1, 0.15) is 40.9 Å². The zero-order valence-corrected chi connectivity index (χ0v) is 21.2. The Morgan fingerprint density at radius 2 is 1.87 bits per heavy atom. The molecule has 0 spiro atoms. The molecule has 0 aliphatic rings. The van der Waals surface area contributed by atoms with E-state index in [4.69, 9.17) is 25.8 Å². The van der Waals surface area contributed by atoms with Gasteiger partial charge in [0, 0.05) is 30.4 Å². The van der Waals surface area contributed by atoms with E-state index < -0.39 is 30.1 Å². The Labute approximate surface area is 221 Å². The number of hydrogen-bond acceptors (Lipinski definition) is 7. The number of nitrogen functional groups attached to an aromatic ring is 1. The molecule has 1 unspecified atom stereocenters. The molecule has 0 aliphatic carbocycles. The molecule has 0 aliphatic heterocycles. The number of ether oxygens (including phenoxy) is 1. The van der Waals surface area contributed by atoms with Crippen LogP contribution in [-0.4, -0.2) is 54.9 Å². The van der Waals surface area contributed by atoms with E-state index >= 15 is 4.39 Å². The number of halogens is 2. The van der Waals surface area contributed by atoms with Crippen LogP contribution in [0.2, 0.25) is 0 Å². The molecule has 0 fully saturated rings. The van der Waals surface area contributed by atoms with Crippen molar-refractivity contribution in [3.63, 3.8) is 0 Å². The molecule has 11 nitrogen and oxygen atoms in total. The average Bonchev–Trinajstić information content (AvgIpc) is 3.29. The van der Waals surface area contributed by atoms with E-state index in [1.165, 1.54) is 18.5 Å². The monoisotopic (exact) mass is 539 g/mol. The van der Waals surface area contributed by atoms with Crippen molar-refractivity contribution < 1.29 is 23.4 Å². The fourth-order valence-electron chi connectivity index (χ4n) is 3.71. The molecule has 4 rings (SSSR count). The summed E-state index contributed by atoms with van der Waals surface area (Å²) in [6.07, 6.45) is 3.21. The summed E-state index contributed by atoms with van der Waals surface area (Å²) in [6.45, 7) is 1.81. The Bertz CT molecular complexity index is 1480. The lowest BCUT2D eigenvalue weighted by Gasteiger charge is -2.19. The molecule has 4 aromatic rings. The fraction of sp³-hybridized carbons (Fsp3) is 0.231. The van der Waals surface area contributed by atoms with Crippen molar-refractivity contribution in [2.75, 3.05) is 13.3 Å². The first-order chi connectivity index (χ1) is 18.6. The van der Waals surface area contributed by atoms with Crippen LogP contribution in [0.15, 0.2) is 59.7 Å². The lowest BCUT2D eigenvalue weighted by molar-refractivity contribution is -0.134. The van der Waals surface area contributed by atoms with Crippen LogP contribution in [-0.2, 0) is 11.2 Å². The maximum absolute atomic E-state index is 15.6. The maximum atomic E-state index is 15.6. The van der Waals surface area contributed by atoms with E-state index in [2.05, 4.69) is 20.1 Å². The number of H-pyrrole nitrogens is 1. The summed E-state index contributed by atoms with van der Waals surface area (Å²) in [4.78, 5) is 32.5. The van der Waals surface area contributed by atoms with E-state index in [1.807, 2.05) is 0 Å². The van der Waals surface area contributed by atoms with Gasteiger partial charge in [0.25, 0.3) is 11.9 Å². The predicted octanol–water partition coefficient (Wildman–Crippen LogP) is 2.90. The molecule has 0 saturated carbocycles. The Morgan fingerprint density at radius 3 is 2.46 bits per heavy atom. The number of alkyl halides is 1. The van der Waals surface area contributed by atoms with Crippen LogP contribution in [0.4, 0.5) is 8.78 Å². The highest BCUT2D eigenvalue weighted by Gasteiger charge is 2.26. The smallest absolute Gasteiger partial charge is 0.350 e. The summed E-state index contributed by atoms with van der Waals surface area (Å²) in [5, 5.41) is 19.4. The molecule has 2 heterocycles. The van der Waals surface area contributed by atoms with Crippen molar-refractivity contribution in [2.45, 2.75) is 26.2 Å². The number of amidine groups is 1. The summed E-state index contributed by atoms with van der Waals surface area (Å²) in [5.74, 6) is -2.12. The SMILES string of the molecule is CC(=O)O.Cc1cc(OCCF)c(F)c(C(Cc2ccc(C(=N)N)cc2)c2nn(-c3ncccn3)c(=O)[nH]2)c1. The minimum atomic E-state index is -0.833. The van der Waals surface area contributed by atoms with Gasteiger partial charge in [-0.25, -0.2) is 23.5 Å². The molecule has 0 radical (unpaired) electrons. The Kier molecular flexibility index (Phi) is 9.57. The number of aromatic nitrogens is 5. The number of aliphatic carboxylic acids is 1. The zero-order chi connectivity index (χ0) is 28.5. The van der Waals surface area contributed by atoms with Gasteiger partial charge in [0.05, 0.1) is 5.92 Å². The molecule has 5 N–H and O–H groups in total. The number of carboxylic acids is 1. The van der Waals surface area contributed by atoms with Gasteiger partial charge >= 0.3 is 5.69 Å². The highest BCUT2D eigenvalue weighted by Crippen LogP contribution is 2.33. The summed E-state index contributed by atoms with van der Waals surface area (Å²) >= 11 is 0. The number of hydrogen-bond donors (Lipinski definition) is 4. The molecule has 2 aromatic carbocycles. The van der Waals surface area contributed by atoms with Crippen LogP contribution >= 0.6 is 0 Å². The van der Waals surface area contributed by atoms with Crippen LogP contribution in [0.3, 0.4) is 0 Å². The molecular weight excluding hydrogens is 512 g/mol. The lowest BCUT2D eigenvalue weighted by Crippen LogP contribution is -2.18. The predicted molar refractivity (Wildman–Crippen MR) is 139 cm³/mol. The van der Waals surface area contributed by atoms with Crippen molar-refractivity contribution in [2.24, 2.45) is 5.73 Å². The summed E-state index contributed by atoms with van der Waals surface area (Å²) in [7, 11) is 0. The van der Waals surface area contributed by atoms with Crippen molar-refractivity contribution >= 4 is 11.8 Å². The van der Waals surface area contributed by atoms with Gasteiger partial charge in [-0.15, -0.1) is 9.78 Å². The van der Waals surface area contributed by atoms with Gasteiger partial charge < -0.3 is 15.6 Å². The molecule has 0 amide bonds. The minimum absolute atomic E-state index is 0.0706. The second-order valence-electron chi connectivity index (χ2n) is 8.37. The number of carboxylic acid groups (broad SMARTS) is 1. The van der Waals surface area contributed by atoms with Crippen LogP contribution in [0, 0.1) is 18.2 Å². The van der Waals surface area contributed by atoms with Gasteiger partial charge in [0.2, 0.25) is 0 Å². The largest absolute Gasteiger partial charge is 0.488 e. The third-order valence-corrected chi connectivity index (χ3v) is 5.33. The highest BCUT2D eigenvalue weighted by molar-refractivity contribution is 5.94. The number of benzene rings is 2. The number of aromatic amines is 1. The topological polar surface area (TPSA) is 173 Å². The number of rotatable bonds is 9. The number of nitrogens with one attached hydrogen (secondary N) is 2. The normalized spacial score (nSPS) is 11.3. The second-order valence-corrected chi connectivity index (χ2v) is 8.37. The van der Waals surface area contributed by atoms with Crippen molar-refractivity contribution in [1.82, 2.24) is 24.7 Å². The average molecular weight is 540 g/mol. The van der Waals surface area contributed by atoms with E-state index in [9.17, 15) is 9.18 Å². The summed E-state index contributed by atoms with van der Waals surface area (Å²) in [6, 6.07) is 11.7. The Balaban J connectivity index is 0.000000983. The van der Waals surface area contributed by atoms with E-state index in [0.29, 0.717) is 11.1 Å². The first-order valence-corrected chi connectivity index (χ1v) is 11.7. The summed E-state index contributed by atoms with van der Waals surface area (Å²) < 4.78 is 34.5. The molecule has 13 heteroatoms. The number of carbonyl (C=O) groups is 1. The fourth-order valence-corrected chi connectivity index (χ4v) is 3.71. The third-order valence-electron chi connectivity index (χ3n) is 5.33. The number of aryl methyl sites for hydroxylation is 1. The highest BCUT2D eigenvalue weighted by atomic mass is 19.1. The maximum Gasteiger partial charge on any atom is 0.350 e. The number of nitrogens with two attached hydrogens (primary N) is 1. The van der Waals surface area contributed by atoms with Gasteiger partial charge in [-0.3, -0.25) is 15.2 Å². The van der Waals surface area contributed by atoms with Crippen LogP contribution in [0.5, 0.6) is 5.75 Å². The molecule has 0 bridgehead atoms. The van der Waals surface area contributed by atoms with Crippen molar-refractivity contribution in [1.29, 1.82) is 5.41 Å². The van der Waals surface area contributed by atoms with Crippen LogP contribution in [0.25, 0.3) is 5.95 Å². The second kappa shape index (κ2) is 13.0. The van der Waals surface area contributed by atoms with E-state index in [0.717, 1.165) is 17.2 Å². The van der Waals surface area contributed by atoms with Crippen LogP contribution < -0.4 is 16.2 Å². The third kappa shape index (κ3) is 7.53. The molecular formula is C26H27F2N7O4. The molecule has 2 aromatic heterocycles.